The van der Waals surface area contributed by atoms with Gasteiger partial charge in [-0.05, 0) is 118 Å². The normalized spacial score (nSPS) is 20.4. The Hall–Kier alpha value is -5.32. The predicted molar refractivity (Wildman–Crippen MR) is 219 cm³/mol. The van der Waals surface area contributed by atoms with Gasteiger partial charge in [-0.1, -0.05) is 50.2 Å². The van der Waals surface area contributed by atoms with Gasteiger partial charge in [-0.3, -0.25) is 18.6 Å². The number of hydrogen-bond donors (Lipinski definition) is 2. The van der Waals surface area contributed by atoms with Crippen LogP contribution in [-0.2, 0) is 32.3 Å². The summed E-state index contributed by atoms with van der Waals surface area (Å²) in [5, 5.41) is 21.3. The van der Waals surface area contributed by atoms with Crippen molar-refractivity contribution in [2.75, 3.05) is 26.2 Å². The summed E-state index contributed by atoms with van der Waals surface area (Å²) in [6.07, 6.45) is 4.70. The molecule has 4 aromatic rings. The monoisotopic (exact) mass is 788 g/mol. The molecule has 3 aliphatic carbocycles. The molecule has 10 heteroatoms. The van der Waals surface area contributed by atoms with E-state index in [1.165, 1.54) is 0 Å². The lowest BCUT2D eigenvalue weighted by molar-refractivity contribution is -0.884. The van der Waals surface area contributed by atoms with Crippen molar-refractivity contribution < 1.29 is 47.8 Å². The second-order valence-corrected chi connectivity index (χ2v) is 17.0. The largest absolute Gasteiger partial charge is 0.481 e. The number of quaternary nitrogens is 2. The lowest BCUT2D eigenvalue weighted by atomic mass is 9.51. The van der Waals surface area contributed by atoms with Crippen molar-refractivity contribution in [2.24, 2.45) is 29.1 Å². The minimum atomic E-state index is -2.03. The second kappa shape index (κ2) is 17.3. The highest BCUT2D eigenvalue weighted by Crippen LogP contribution is 2.57. The molecule has 0 unspecified atom stereocenters. The number of carboxylic acids is 2. The topological polar surface area (TPSA) is 127 Å². The number of carbonyl (C=O) groups excluding carboxylic acids is 2. The molecular formula is C48H56N2O8+2. The van der Waals surface area contributed by atoms with Gasteiger partial charge in [-0.25, -0.2) is 9.59 Å². The van der Waals surface area contributed by atoms with Gasteiger partial charge in [-0.2, -0.15) is 0 Å². The van der Waals surface area contributed by atoms with E-state index in [-0.39, 0.29) is 40.3 Å². The van der Waals surface area contributed by atoms with Crippen molar-refractivity contribution in [3.8, 4) is 23.0 Å². The van der Waals surface area contributed by atoms with E-state index >= 15 is 9.59 Å². The summed E-state index contributed by atoms with van der Waals surface area (Å²) in [4.78, 5) is 58.2. The Kier molecular flexibility index (Phi) is 12.2. The molecule has 304 valence electrons. The number of ether oxygens (including phenoxy) is 2. The fourth-order valence-electron chi connectivity index (χ4n) is 9.47. The third-order valence-corrected chi connectivity index (χ3v) is 12.4. The van der Waals surface area contributed by atoms with E-state index in [9.17, 15) is 19.8 Å². The zero-order chi connectivity index (χ0) is 40.9. The highest BCUT2D eigenvalue weighted by Gasteiger charge is 2.77. The number of carboxylic acid groups (broad SMARTS) is 2. The molecule has 2 amide bonds. The standard InChI is InChI=1S/C48H54N2O8/c1-3-27-49(30-34-15-16-34,32-36-19-23-40(24-20-36)57-38-11-7-5-8-12-38)46(55)48(29-42(44(51)52)43(48)45(53)54)47(56)50(28-4-2,31-35-17-18-35)33-37-21-25-41(26-22-37)58-39-13-9-6-10-14-39/h5-14,19-26,34-35,42-43H,3-4,15-18,27-33H2,1-2H3/p+2/t42-,43-,49-,50-/m1/s1. The molecule has 0 heterocycles. The number of benzene rings is 4. The number of nitrogens with zero attached hydrogens (tertiary/aromatic N) is 2. The van der Waals surface area contributed by atoms with Crippen LogP contribution in [0.5, 0.6) is 23.0 Å². The Balaban J connectivity index is 1.28. The molecule has 7 rings (SSSR count). The van der Waals surface area contributed by atoms with E-state index in [1.807, 2.05) is 123 Å². The van der Waals surface area contributed by atoms with Crippen molar-refractivity contribution in [1.82, 2.24) is 0 Å². The summed E-state index contributed by atoms with van der Waals surface area (Å²) >= 11 is 0. The molecule has 4 atom stereocenters. The second-order valence-electron chi connectivity index (χ2n) is 17.0. The summed E-state index contributed by atoms with van der Waals surface area (Å²) in [7, 11) is 0. The molecular weight excluding hydrogens is 733 g/mol. The number of para-hydroxylation sites is 2. The van der Waals surface area contributed by atoms with Crippen LogP contribution in [0, 0.1) is 29.1 Å². The Morgan fingerprint density at radius 1 is 0.569 bits per heavy atom. The van der Waals surface area contributed by atoms with Crippen LogP contribution >= 0.6 is 0 Å². The fraction of sp³-hybridized carbons (Fsp3) is 0.417. The first-order chi connectivity index (χ1) is 28.0. The van der Waals surface area contributed by atoms with Crippen LogP contribution in [0.25, 0.3) is 0 Å². The van der Waals surface area contributed by atoms with E-state index in [0.29, 0.717) is 62.0 Å². The van der Waals surface area contributed by atoms with Gasteiger partial charge in [0.05, 0.1) is 32.1 Å². The fourth-order valence-corrected chi connectivity index (χ4v) is 9.47. The van der Waals surface area contributed by atoms with E-state index in [0.717, 1.165) is 36.8 Å². The Bertz CT molecular complexity index is 1940. The van der Waals surface area contributed by atoms with Crippen LogP contribution in [0.15, 0.2) is 109 Å². The molecule has 58 heavy (non-hydrogen) atoms. The van der Waals surface area contributed by atoms with E-state index in [1.54, 1.807) is 0 Å². The Morgan fingerprint density at radius 3 is 1.28 bits per heavy atom. The van der Waals surface area contributed by atoms with Gasteiger partial charge in [0.2, 0.25) is 5.41 Å². The summed E-state index contributed by atoms with van der Waals surface area (Å²) in [5.41, 5.74) is -0.316. The van der Waals surface area contributed by atoms with E-state index in [4.69, 9.17) is 9.47 Å². The number of amides is 2. The molecule has 0 saturated heterocycles. The first kappa shape index (κ1) is 40.9. The quantitative estimate of drug-likeness (QED) is 0.0671. The van der Waals surface area contributed by atoms with Crippen molar-refractivity contribution in [3.63, 3.8) is 0 Å². The average molecular weight is 789 g/mol. The first-order valence-electron chi connectivity index (χ1n) is 20.9. The smallest absolute Gasteiger partial charge is 0.334 e. The number of rotatable bonds is 20. The summed E-state index contributed by atoms with van der Waals surface area (Å²) in [5.74, 6) is -3.46. The third-order valence-electron chi connectivity index (χ3n) is 12.4. The maximum atomic E-state index is 16.0. The first-order valence-corrected chi connectivity index (χ1v) is 20.9. The number of hydrogen-bond acceptors (Lipinski definition) is 6. The summed E-state index contributed by atoms with van der Waals surface area (Å²) < 4.78 is 11.9. The van der Waals surface area contributed by atoms with E-state index in [2.05, 4.69) is 0 Å². The predicted octanol–water partition coefficient (Wildman–Crippen LogP) is 9.09. The van der Waals surface area contributed by atoms with Gasteiger partial charge in [-0.15, -0.1) is 0 Å². The number of carbonyl (C=O) groups is 4. The van der Waals surface area contributed by atoms with Crippen LogP contribution in [0.2, 0.25) is 0 Å². The van der Waals surface area contributed by atoms with Crippen molar-refractivity contribution in [1.29, 1.82) is 0 Å². The minimum Gasteiger partial charge on any atom is -0.481 e. The Morgan fingerprint density at radius 2 is 0.948 bits per heavy atom. The van der Waals surface area contributed by atoms with Crippen molar-refractivity contribution in [3.05, 3.63) is 120 Å². The highest BCUT2D eigenvalue weighted by molar-refractivity contribution is 6.07. The molecule has 3 fully saturated rings. The van der Waals surface area contributed by atoms with Crippen LogP contribution in [0.3, 0.4) is 0 Å². The molecule has 4 aromatic carbocycles. The van der Waals surface area contributed by atoms with Crippen LogP contribution < -0.4 is 9.47 Å². The van der Waals surface area contributed by atoms with Crippen LogP contribution in [-0.4, -0.2) is 69.1 Å². The minimum absolute atomic E-state index is 0.108. The van der Waals surface area contributed by atoms with Gasteiger partial charge < -0.3 is 19.7 Å². The van der Waals surface area contributed by atoms with Gasteiger partial charge in [0.25, 0.3) is 0 Å². The van der Waals surface area contributed by atoms with Gasteiger partial charge >= 0.3 is 23.8 Å². The van der Waals surface area contributed by atoms with Gasteiger partial charge in [0.15, 0.2) is 0 Å². The van der Waals surface area contributed by atoms with Crippen molar-refractivity contribution in [2.45, 2.75) is 71.9 Å². The van der Waals surface area contributed by atoms with E-state index < -0.39 is 41.0 Å². The zero-order valence-corrected chi connectivity index (χ0v) is 33.6. The zero-order valence-electron chi connectivity index (χ0n) is 33.6. The Labute approximate surface area is 341 Å². The molecule has 0 radical (unpaired) electrons. The molecule has 2 N–H and O–H groups in total. The molecule has 0 bridgehead atoms. The lowest BCUT2D eigenvalue weighted by Gasteiger charge is -2.53. The molecule has 10 nitrogen and oxygen atoms in total. The van der Waals surface area contributed by atoms with Crippen LogP contribution in [0.1, 0.15) is 69.9 Å². The van der Waals surface area contributed by atoms with Crippen molar-refractivity contribution >= 4 is 23.8 Å². The average Bonchev–Trinajstić information content (AvgIpc) is 4.15. The molecule has 3 aliphatic rings. The highest BCUT2D eigenvalue weighted by atomic mass is 16.5. The SMILES string of the molecule is CCC[N@+](Cc1ccc(Oc2ccccc2)cc1)(CC1CC1)C(=O)C1(C(=O)[N@@+](CCC)(Cc2ccc(Oc3ccccc3)cc2)CC2CC2)C[C@@H](C(=O)O)[C@@H]1C(=O)O. The van der Waals surface area contributed by atoms with Gasteiger partial charge in [0, 0.05) is 23.0 Å². The maximum Gasteiger partial charge on any atom is 0.334 e. The third kappa shape index (κ3) is 8.73. The number of aliphatic carboxylic acids is 2. The molecule has 0 aliphatic heterocycles. The molecule has 0 spiro atoms. The molecule has 0 aromatic heterocycles. The molecule has 3 saturated carbocycles. The van der Waals surface area contributed by atoms with Crippen LogP contribution in [0.4, 0.5) is 0 Å². The lowest BCUT2D eigenvalue weighted by Crippen LogP contribution is -2.75. The summed E-state index contributed by atoms with van der Waals surface area (Å²) in [6.45, 7) is 6.25. The maximum absolute atomic E-state index is 16.0. The van der Waals surface area contributed by atoms with Gasteiger partial charge in [0.1, 0.15) is 42.0 Å². The summed E-state index contributed by atoms with van der Waals surface area (Å²) in [6, 6.07) is 34.1.